The van der Waals surface area contributed by atoms with E-state index in [-0.39, 0.29) is 10.8 Å². The van der Waals surface area contributed by atoms with Gasteiger partial charge in [0.05, 0.1) is 4.90 Å². The lowest BCUT2D eigenvalue weighted by Gasteiger charge is -2.31. The molecule has 3 rings (SSSR count). The molecule has 2 aromatic carbocycles. The minimum Gasteiger partial charge on any atom is -0.492 e. The third-order valence-corrected chi connectivity index (χ3v) is 6.51. The monoisotopic (exact) mass is 446 g/mol. The summed E-state index contributed by atoms with van der Waals surface area (Å²) in [6, 6.07) is 14.2. The SMILES string of the molecule is CN(CCOc1cccc(CNC(=O)c2cccc(S(C)(=O)=O)c2)c1)C1CCOCC1. The highest BCUT2D eigenvalue weighted by atomic mass is 32.2. The second-order valence-corrected chi connectivity index (χ2v) is 9.82. The van der Waals surface area contributed by atoms with Gasteiger partial charge in [-0.15, -0.1) is 0 Å². The Hall–Kier alpha value is -2.42. The Morgan fingerprint density at radius 2 is 1.90 bits per heavy atom. The summed E-state index contributed by atoms with van der Waals surface area (Å²) in [5.41, 5.74) is 1.22. The van der Waals surface area contributed by atoms with Gasteiger partial charge in [0.25, 0.3) is 5.91 Å². The Balaban J connectivity index is 1.49. The number of sulfone groups is 1. The number of likely N-dealkylation sites (N-methyl/N-ethyl adjacent to an activating group) is 1. The van der Waals surface area contributed by atoms with E-state index in [2.05, 4.69) is 17.3 Å². The van der Waals surface area contributed by atoms with Crippen LogP contribution in [0.1, 0.15) is 28.8 Å². The number of nitrogens with one attached hydrogen (secondary N) is 1. The van der Waals surface area contributed by atoms with Gasteiger partial charge >= 0.3 is 0 Å². The van der Waals surface area contributed by atoms with Gasteiger partial charge in [0.2, 0.25) is 0 Å². The first-order valence-electron chi connectivity index (χ1n) is 10.4. The normalized spacial score (nSPS) is 15.1. The van der Waals surface area contributed by atoms with Crippen molar-refractivity contribution in [3.05, 3.63) is 59.7 Å². The number of hydrogen-bond donors (Lipinski definition) is 1. The van der Waals surface area contributed by atoms with Gasteiger partial charge in [0.15, 0.2) is 9.84 Å². The zero-order valence-electron chi connectivity index (χ0n) is 18.0. The second kappa shape index (κ2) is 10.7. The van der Waals surface area contributed by atoms with Gasteiger partial charge in [0, 0.05) is 44.2 Å². The molecule has 0 atom stereocenters. The number of benzene rings is 2. The molecule has 1 fully saturated rings. The van der Waals surface area contributed by atoms with Crippen LogP contribution in [0.4, 0.5) is 0 Å². The van der Waals surface area contributed by atoms with Gasteiger partial charge in [-0.05, 0) is 55.8 Å². The van der Waals surface area contributed by atoms with Crippen LogP contribution in [0.3, 0.4) is 0 Å². The van der Waals surface area contributed by atoms with E-state index in [1.165, 1.54) is 12.1 Å². The minimum atomic E-state index is -3.36. The summed E-state index contributed by atoms with van der Waals surface area (Å²) in [5.74, 6) is 0.432. The Bertz CT molecular complexity index is 987. The molecule has 0 aliphatic carbocycles. The summed E-state index contributed by atoms with van der Waals surface area (Å²) in [6.45, 7) is 3.38. The van der Waals surface area contributed by atoms with Gasteiger partial charge in [-0.3, -0.25) is 9.69 Å². The Morgan fingerprint density at radius 3 is 2.65 bits per heavy atom. The van der Waals surface area contributed by atoms with Crippen molar-refractivity contribution < 1.29 is 22.7 Å². The summed E-state index contributed by atoms with van der Waals surface area (Å²) in [4.78, 5) is 14.9. The number of nitrogens with zero attached hydrogens (tertiary/aromatic N) is 1. The van der Waals surface area contributed by atoms with Crippen molar-refractivity contribution in [3.8, 4) is 5.75 Å². The lowest BCUT2D eigenvalue weighted by Crippen LogP contribution is -2.38. The molecule has 0 bridgehead atoms. The van der Waals surface area contributed by atoms with Crippen LogP contribution in [-0.4, -0.2) is 64.9 Å². The molecule has 0 saturated carbocycles. The Morgan fingerprint density at radius 1 is 1.16 bits per heavy atom. The number of amides is 1. The van der Waals surface area contributed by atoms with Crippen molar-refractivity contribution in [2.24, 2.45) is 0 Å². The van der Waals surface area contributed by atoms with Gasteiger partial charge in [-0.1, -0.05) is 18.2 Å². The molecule has 8 heteroatoms. The maximum atomic E-state index is 12.4. The zero-order valence-corrected chi connectivity index (χ0v) is 18.9. The summed E-state index contributed by atoms with van der Waals surface area (Å²) >= 11 is 0. The standard InChI is InChI=1S/C23H30N2O5S/c1-25(20-9-12-29-13-10-20)11-14-30-21-7-3-5-18(15-21)17-24-23(26)19-6-4-8-22(16-19)31(2,27)28/h3-8,15-16,20H,9-14,17H2,1-2H3,(H,24,26). The van der Waals surface area contributed by atoms with Crippen LogP contribution in [0.15, 0.2) is 53.4 Å². The molecule has 0 spiro atoms. The van der Waals surface area contributed by atoms with Crippen molar-refractivity contribution in [1.29, 1.82) is 0 Å². The van der Waals surface area contributed by atoms with Crippen molar-refractivity contribution in [2.45, 2.75) is 30.3 Å². The van der Waals surface area contributed by atoms with E-state index in [9.17, 15) is 13.2 Å². The highest BCUT2D eigenvalue weighted by Gasteiger charge is 2.18. The summed E-state index contributed by atoms with van der Waals surface area (Å²) < 4.78 is 34.7. The van der Waals surface area contributed by atoms with Crippen molar-refractivity contribution in [1.82, 2.24) is 10.2 Å². The quantitative estimate of drug-likeness (QED) is 0.637. The molecular weight excluding hydrogens is 416 g/mol. The molecule has 1 saturated heterocycles. The lowest BCUT2D eigenvalue weighted by molar-refractivity contribution is 0.0392. The maximum absolute atomic E-state index is 12.4. The maximum Gasteiger partial charge on any atom is 0.251 e. The number of rotatable bonds is 9. The number of ether oxygens (including phenoxy) is 2. The molecule has 1 amide bonds. The summed E-state index contributed by atoms with van der Waals surface area (Å²) in [6.07, 6.45) is 3.23. The largest absolute Gasteiger partial charge is 0.492 e. The first kappa shape index (κ1) is 23.2. The Labute approximate surface area is 184 Å². The molecule has 31 heavy (non-hydrogen) atoms. The van der Waals surface area contributed by atoms with Gasteiger partial charge in [-0.25, -0.2) is 8.42 Å². The van der Waals surface area contributed by atoms with Crippen molar-refractivity contribution in [2.75, 3.05) is 39.7 Å². The Kier molecular flexibility index (Phi) is 8.06. The van der Waals surface area contributed by atoms with Crippen LogP contribution < -0.4 is 10.1 Å². The van der Waals surface area contributed by atoms with Crippen molar-refractivity contribution >= 4 is 15.7 Å². The van der Waals surface area contributed by atoms with E-state index < -0.39 is 9.84 Å². The van der Waals surface area contributed by atoms with Crippen LogP contribution in [-0.2, 0) is 21.1 Å². The average Bonchev–Trinajstić information content (AvgIpc) is 2.78. The molecular formula is C23H30N2O5S. The third kappa shape index (κ3) is 7.05. The molecule has 1 heterocycles. The summed E-state index contributed by atoms with van der Waals surface area (Å²) in [7, 11) is -1.25. The molecule has 0 aromatic heterocycles. The predicted molar refractivity (Wildman–Crippen MR) is 119 cm³/mol. The molecule has 0 unspecified atom stereocenters. The molecule has 168 valence electrons. The summed E-state index contributed by atoms with van der Waals surface area (Å²) in [5, 5.41) is 2.83. The lowest BCUT2D eigenvalue weighted by atomic mass is 10.1. The van der Waals surface area contributed by atoms with Crippen LogP contribution in [0, 0.1) is 0 Å². The smallest absolute Gasteiger partial charge is 0.251 e. The molecule has 1 N–H and O–H groups in total. The molecule has 1 aliphatic rings. The highest BCUT2D eigenvalue weighted by Crippen LogP contribution is 2.16. The number of hydrogen-bond acceptors (Lipinski definition) is 6. The van der Waals surface area contributed by atoms with Crippen molar-refractivity contribution in [3.63, 3.8) is 0 Å². The fraction of sp³-hybridized carbons (Fsp3) is 0.435. The molecule has 2 aromatic rings. The van der Waals surface area contributed by atoms with Gasteiger partial charge in [0.1, 0.15) is 12.4 Å². The molecule has 1 aliphatic heterocycles. The minimum absolute atomic E-state index is 0.126. The fourth-order valence-corrected chi connectivity index (χ4v) is 4.18. The van der Waals surface area contributed by atoms with Gasteiger partial charge in [-0.2, -0.15) is 0 Å². The van der Waals surface area contributed by atoms with Crippen LogP contribution in [0.2, 0.25) is 0 Å². The topological polar surface area (TPSA) is 84.9 Å². The van der Waals surface area contributed by atoms with E-state index in [0.717, 1.165) is 50.2 Å². The molecule has 7 nitrogen and oxygen atoms in total. The fourth-order valence-electron chi connectivity index (χ4n) is 3.51. The van der Waals surface area contributed by atoms with E-state index >= 15 is 0 Å². The van der Waals surface area contributed by atoms with E-state index in [1.54, 1.807) is 12.1 Å². The van der Waals surface area contributed by atoms with E-state index in [4.69, 9.17) is 9.47 Å². The number of carbonyl (C=O) groups is 1. The number of carbonyl (C=O) groups excluding carboxylic acids is 1. The van der Waals surface area contributed by atoms with Crippen LogP contribution in [0.25, 0.3) is 0 Å². The molecule has 0 radical (unpaired) electrons. The average molecular weight is 447 g/mol. The van der Waals surface area contributed by atoms with Gasteiger partial charge < -0.3 is 14.8 Å². The highest BCUT2D eigenvalue weighted by molar-refractivity contribution is 7.90. The van der Waals surface area contributed by atoms with Crippen LogP contribution >= 0.6 is 0 Å². The first-order valence-corrected chi connectivity index (χ1v) is 12.3. The zero-order chi connectivity index (χ0) is 22.3. The van der Waals surface area contributed by atoms with E-state index in [1.807, 2.05) is 24.3 Å². The predicted octanol–water partition coefficient (Wildman–Crippen LogP) is 2.51. The van der Waals surface area contributed by atoms with E-state index in [0.29, 0.717) is 24.8 Å². The second-order valence-electron chi connectivity index (χ2n) is 7.80. The first-order chi connectivity index (χ1) is 14.8. The van der Waals surface area contributed by atoms with Crippen LogP contribution in [0.5, 0.6) is 5.75 Å². The third-order valence-electron chi connectivity index (χ3n) is 5.40.